The molecular weight excluding hydrogens is 585 g/mol. The number of amides is 3. The average Bonchev–Trinajstić information content (AvgIpc) is 3.28. The molecule has 0 spiro atoms. The number of hydrogen-bond acceptors (Lipinski definition) is 4. The summed E-state index contributed by atoms with van der Waals surface area (Å²) in [7, 11) is 0. The van der Waals surface area contributed by atoms with Gasteiger partial charge in [-0.1, -0.05) is 11.6 Å². The van der Waals surface area contributed by atoms with Crippen LogP contribution in [0.1, 0.15) is 49.4 Å². The van der Waals surface area contributed by atoms with Crippen LogP contribution in [-0.4, -0.2) is 27.3 Å². The second-order valence-electron chi connectivity index (χ2n) is 9.40. The number of aromatic nitrogens is 2. The number of fused-ring (bicyclic) bond motifs is 1. The molecule has 14 heteroatoms. The second-order valence-corrected chi connectivity index (χ2v) is 9.81. The largest absolute Gasteiger partial charge is 0.416 e. The minimum absolute atomic E-state index is 0.0466. The summed E-state index contributed by atoms with van der Waals surface area (Å²) in [5.74, 6) is -4.41. The predicted molar refractivity (Wildman–Crippen MR) is 142 cm³/mol. The number of carbonyl (C=O) groups is 3. The molecule has 0 fully saturated rings. The fourth-order valence-corrected chi connectivity index (χ4v) is 4.76. The third-order valence-electron chi connectivity index (χ3n) is 6.43. The zero-order chi connectivity index (χ0) is 30.3. The van der Waals surface area contributed by atoms with E-state index in [1.54, 1.807) is 19.1 Å². The number of hydrogen-bond donors (Lipinski definition) is 3. The Balaban J connectivity index is 1.62. The lowest BCUT2D eigenvalue weighted by Crippen LogP contribution is -2.40. The Morgan fingerprint density at radius 3 is 2.45 bits per heavy atom. The Morgan fingerprint density at radius 2 is 1.76 bits per heavy atom. The molecule has 42 heavy (non-hydrogen) atoms. The quantitative estimate of drug-likeness (QED) is 0.248. The van der Waals surface area contributed by atoms with Gasteiger partial charge in [0, 0.05) is 21.8 Å². The summed E-state index contributed by atoms with van der Waals surface area (Å²) in [6.07, 6.45) is -3.52. The molecule has 1 aliphatic heterocycles. The first-order valence-electron chi connectivity index (χ1n) is 12.2. The number of carbonyl (C=O) groups excluding carboxylic acids is 3. The smallest absolute Gasteiger partial charge is 0.342 e. The summed E-state index contributed by atoms with van der Waals surface area (Å²) in [5.41, 5.74) is -1.10. The van der Waals surface area contributed by atoms with Crippen LogP contribution in [0, 0.1) is 18.6 Å². The molecule has 0 saturated heterocycles. The van der Waals surface area contributed by atoms with E-state index in [1.165, 1.54) is 22.9 Å². The van der Waals surface area contributed by atoms with E-state index < -0.39 is 59.2 Å². The fourth-order valence-electron chi connectivity index (χ4n) is 4.53. The maximum atomic E-state index is 14.2. The molecule has 0 saturated carbocycles. The number of aryl methyl sites for hydroxylation is 1. The van der Waals surface area contributed by atoms with Gasteiger partial charge >= 0.3 is 6.18 Å². The summed E-state index contributed by atoms with van der Waals surface area (Å²) >= 11 is 6.32. The molecule has 3 N–H and O–H groups in total. The highest BCUT2D eigenvalue weighted by Crippen LogP contribution is 2.38. The number of nitrogens with one attached hydrogen (secondary N) is 3. The molecule has 3 amide bonds. The Hall–Kier alpha value is -4.78. The van der Waals surface area contributed by atoms with Crippen LogP contribution in [0.2, 0.25) is 5.02 Å². The van der Waals surface area contributed by atoms with Gasteiger partial charge in [-0.3, -0.25) is 19.4 Å². The molecule has 1 atom stereocenters. The zero-order valence-electron chi connectivity index (χ0n) is 21.4. The summed E-state index contributed by atoms with van der Waals surface area (Å²) in [6, 6.07) is 8.00. The van der Waals surface area contributed by atoms with E-state index in [9.17, 15) is 36.3 Å². The molecule has 4 aromatic rings. The van der Waals surface area contributed by atoms with Gasteiger partial charge in [-0.25, -0.2) is 8.78 Å². The van der Waals surface area contributed by atoms with E-state index in [-0.39, 0.29) is 33.7 Å². The van der Waals surface area contributed by atoms with Crippen LogP contribution in [0.25, 0.3) is 0 Å². The third kappa shape index (κ3) is 5.81. The number of anilines is 2. The highest BCUT2D eigenvalue weighted by molar-refractivity contribution is 6.31. The van der Waals surface area contributed by atoms with Gasteiger partial charge in [0.05, 0.1) is 34.9 Å². The van der Waals surface area contributed by atoms with Crippen LogP contribution >= 0.6 is 11.6 Å². The fraction of sp³-hybridized carbons (Fsp3) is 0.143. The molecule has 2 aromatic carbocycles. The molecule has 0 radical (unpaired) electrons. The third-order valence-corrected chi connectivity index (χ3v) is 6.77. The van der Waals surface area contributed by atoms with Crippen LogP contribution in [0.4, 0.5) is 33.3 Å². The van der Waals surface area contributed by atoms with Crippen molar-refractivity contribution in [2.45, 2.75) is 25.7 Å². The molecular formula is C28H19ClF5N5O3. The SMILES string of the molecule is Cc1ccc(NC(=O)c2cc(NC(=O)c3cc(F)cc(C(F)(F)F)c3)c3n2CC(=O)NC3c2cc(F)ccc2Cl)cn1. The lowest BCUT2D eigenvalue weighted by atomic mass is 10.0. The molecule has 0 bridgehead atoms. The molecule has 5 rings (SSSR count). The summed E-state index contributed by atoms with van der Waals surface area (Å²) < 4.78 is 69.4. The van der Waals surface area contributed by atoms with Crippen LogP contribution in [0.3, 0.4) is 0 Å². The predicted octanol–water partition coefficient (Wildman–Crippen LogP) is 5.87. The van der Waals surface area contributed by atoms with Gasteiger partial charge in [0.15, 0.2) is 0 Å². The molecule has 8 nitrogen and oxygen atoms in total. The van der Waals surface area contributed by atoms with Gasteiger partial charge in [-0.05, 0) is 61.5 Å². The van der Waals surface area contributed by atoms with Crippen LogP contribution in [0.15, 0.2) is 60.8 Å². The first kappa shape index (κ1) is 28.7. The van der Waals surface area contributed by atoms with Crippen LogP contribution in [-0.2, 0) is 17.5 Å². The van der Waals surface area contributed by atoms with Crippen molar-refractivity contribution in [3.63, 3.8) is 0 Å². The average molecular weight is 604 g/mol. The first-order valence-corrected chi connectivity index (χ1v) is 12.6. The van der Waals surface area contributed by atoms with Crippen LogP contribution in [0.5, 0.6) is 0 Å². The molecule has 2 aromatic heterocycles. The minimum Gasteiger partial charge on any atom is -0.342 e. The van der Waals surface area contributed by atoms with E-state index in [0.717, 1.165) is 12.1 Å². The maximum Gasteiger partial charge on any atom is 0.416 e. The number of alkyl halides is 3. The van der Waals surface area contributed by atoms with Crippen molar-refractivity contribution in [2.24, 2.45) is 0 Å². The van der Waals surface area contributed by atoms with Crippen molar-refractivity contribution in [3.05, 3.63) is 111 Å². The van der Waals surface area contributed by atoms with Gasteiger partial charge in [0.1, 0.15) is 23.9 Å². The highest BCUT2D eigenvalue weighted by Gasteiger charge is 2.36. The molecule has 216 valence electrons. The number of rotatable bonds is 5. The second kappa shape index (κ2) is 10.9. The van der Waals surface area contributed by atoms with Gasteiger partial charge < -0.3 is 20.5 Å². The number of benzene rings is 2. The van der Waals surface area contributed by atoms with Gasteiger partial charge in [-0.2, -0.15) is 13.2 Å². The molecule has 1 unspecified atom stereocenters. The van der Waals surface area contributed by atoms with Crippen molar-refractivity contribution in [2.75, 3.05) is 10.6 Å². The number of nitrogens with zero attached hydrogens (tertiary/aromatic N) is 2. The van der Waals surface area contributed by atoms with Gasteiger partial charge in [0.2, 0.25) is 5.91 Å². The molecule has 3 heterocycles. The number of halogens is 6. The van der Waals surface area contributed by atoms with Gasteiger partial charge in [0.25, 0.3) is 11.8 Å². The Labute approximate surface area is 239 Å². The topological polar surface area (TPSA) is 105 Å². The summed E-state index contributed by atoms with van der Waals surface area (Å²) in [6.45, 7) is 1.35. The van der Waals surface area contributed by atoms with Crippen LogP contribution < -0.4 is 16.0 Å². The zero-order valence-corrected chi connectivity index (χ0v) is 22.2. The molecule has 1 aliphatic rings. The van der Waals surface area contributed by atoms with Crippen molar-refractivity contribution in [1.29, 1.82) is 0 Å². The Bertz CT molecular complexity index is 1740. The standard InChI is InChI=1S/C28H19ClF5N5O3/c1-13-2-4-18(11-35-13)36-27(42)22-10-21(37-26(41)14-6-15(28(32,33)34)8-17(31)7-14)25-24(38-23(40)12-39(22)25)19-9-16(30)3-5-20(19)29/h2-11,24H,12H2,1H3,(H,36,42)(H,37,41)(H,38,40). The van der Waals surface area contributed by atoms with Crippen molar-refractivity contribution in [3.8, 4) is 0 Å². The first-order chi connectivity index (χ1) is 19.8. The number of pyridine rings is 1. The normalized spacial score (nSPS) is 14.6. The lowest BCUT2D eigenvalue weighted by molar-refractivity contribution is -0.137. The monoisotopic (exact) mass is 603 g/mol. The molecule has 0 aliphatic carbocycles. The van der Waals surface area contributed by atoms with Crippen molar-refractivity contribution >= 4 is 40.7 Å². The maximum absolute atomic E-state index is 14.2. The van der Waals surface area contributed by atoms with E-state index in [2.05, 4.69) is 20.9 Å². The summed E-state index contributed by atoms with van der Waals surface area (Å²) in [4.78, 5) is 43.3. The van der Waals surface area contributed by atoms with E-state index in [1.807, 2.05) is 0 Å². The van der Waals surface area contributed by atoms with E-state index >= 15 is 0 Å². The van der Waals surface area contributed by atoms with Gasteiger partial charge in [-0.15, -0.1) is 0 Å². The summed E-state index contributed by atoms with van der Waals surface area (Å²) in [5, 5.41) is 7.73. The van der Waals surface area contributed by atoms with Crippen molar-refractivity contribution in [1.82, 2.24) is 14.9 Å². The highest BCUT2D eigenvalue weighted by atomic mass is 35.5. The van der Waals surface area contributed by atoms with Crippen molar-refractivity contribution < 1.29 is 36.3 Å². The Kier molecular flexibility index (Phi) is 7.45. The lowest BCUT2D eigenvalue weighted by Gasteiger charge is -2.29. The van der Waals surface area contributed by atoms with E-state index in [4.69, 9.17) is 11.6 Å². The van der Waals surface area contributed by atoms with E-state index in [0.29, 0.717) is 23.5 Å². The Morgan fingerprint density at radius 1 is 1.00 bits per heavy atom. The minimum atomic E-state index is -4.92.